The van der Waals surface area contributed by atoms with E-state index in [2.05, 4.69) is 5.32 Å². The smallest absolute Gasteiger partial charge is 0.389 e. The summed E-state index contributed by atoms with van der Waals surface area (Å²) >= 11 is 0. The maximum atomic E-state index is 13.3. The molecule has 18 heavy (non-hydrogen) atoms. The van der Waals surface area contributed by atoms with Crippen LogP contribution >= 0.6 is 0 Å². The van der Waals surface area contributed by atoms with E-state index >= 15 is 0 Å². The van der Waals surface area contributed by atoms with Crippen LogP contribution in [0.5, 0.6) is 0 Å². The van der Waals surface area contributed by atoms with Gasteiger partial charge in [0.2, 0.25) is 0 Å². The van der Waals surface area contributed by atoms with E-state index in [0.29, 0.717) is 0 Å². The van der Waals surface area contributed by atoms with Crippen molar-refractivity contribution in [3.8, 4) is 0 Å². The van der Waals surface area contributed by atoms with Crippen molar-refractivity contribution in [2.24, 2.45) is 0 Å². The lowest BCUT2D eigenvalue weighted by molar-refractivity contribution is -0.135. The molecular weight excluding hydrogens is 252 g/mol. The highest BCUT2D eigenvalue weighted by atomic mass is 19.4. The van der Waals surface area contributed by atoms with Gasteiger partial charge in [0, 0.05) is 18.7 Å². The van der Waals surface area contributed by atoms with Crippen LogP contribution < -0.4 is 11.1 Å². The zero-order chi connectivity index (χ0) is 13.8. The highest BCUT2D eigenvalue weighted by molar-refractivity contribution is 5.94. The number of hydrogen-bond acceptors (Lipinski definition) is 2. The van der Waals surface area contributed by atoms with Gasteiger partial charge in [-0.3, -0.25) is 4.79 Å². The zero-order valence-electron chi connectivity index (χ0n) is 9.35. The van der Waals surface area contributed by atoms with E-state index < -0.39 is 24.3 Å². The van der Waals surface area contributed by atoms with Crippen LogP contribution in [0.2, 0.25) is 0 Å². The Hall–Kier alpha value is -1.79. The van der Waals surface area contributed by atoms with Crippen LogP contribution in [0, 0.1) is 5.82 Å². The van der Waals surface area contributed by atoms with Gasteiger partial charge >= 0.3 is 6.18 Å². The number of rotatable bonds is 4. The van der Waals surface area contributed by atoms with Gasteiger partial charge in [-0.25, -0.2) is 4.39 Å². The van der Waals surface area contributed by atoms with Crippen molar-refractivity contribution >= 4 is 11.6 Å². The van der Waals surface area contributed by atoms with Gasteiger partial charge < -0.3 is 11.1 Å². The Morgan fingerprint density at radius 3 is 2.56 bits per heavy atom. The highest BCUT2D eigenvalue weighted by Gasteiger charge is 2.26. The monoisotopic (exact) mass is 264 g/mol. The minimum Gasteiger partial charge on any atom is -0.399 e. The van der Waals surface area contributed by atoms with Crippen molar-refractivity contribution in [2.45, 2.75) is 19.0 Å². The molecule has 1 amide bonds. The summed E-state index contributed by atoms with van der Waals surface area (Å²) in [4.78, 5) is 11.4. The van der Waals surface area contributed by atoms with Crippen LogP contribution in [0.15, 0.2) is 18.2 Å². The minimum absolute atomic E-state index is 0.165. The van der Waals surface area contributed by atoms with Crippen molar-refractivity contribution in [2.75, 3.05) is 12.3 Å². The number of carbonyl (C=O) groups excluding carboxylic acids is 1. The van der Waals surface area contributed by atoms with Gasteiger partial charge in [-0.2, -0.15) is 13.2 Å². The first-order valence-corrected chi connectivity index (χ1v) is 5.19. The van der Waals surface area contributed by atoms with Gasteiger partial charge in [-0.1, -0.05) is 0 Å². The third-order valence-corrected chi connectivity index (χ3v) is 2.16. The molecule has 0 heterocycles. The van der Waals surface area contributed by atoms with E-state index in [1.807, 2.05) is 0 Å². The second kappa shape index (κ2) is 5.70. The fourth-order valence-corrected chi connectivity index (χ4v) is 1.30. The van der Waals surface area contributed by atoms with Crippen molar-refractivity contribution in [3.63, 3.8) is 0 Å². The zero-order valence-corrected chi connectivity index (χ0v) is 9.35. The van der Waals surface area contributed by atoms with Crippen LogP contribution in [0.1, 0.15) is 23.2 Å². The van der Waals surface area contributed by atoms with Gasteiger partial charge in [0.25, 0.3) is 5.91 Å². The first-order chi connectivity index (χ1) is 8.29. The summed E-state index contributed by atoms with van der Waals surface area (Å²) in [5.74, 6) is -1.56. The molecule has 0 aliphatic rings. The van der Waals surface area contributed by atoms with Crippen molar-refractivity contribution in [1.82, 2.24) is 5.32 Å². The molecule has 0 unspecified atom stereocenters. The first-order valence-electron chi connectivity index (χ1n) is 5.19. The molecule has 3 N–H and O–H groups in total. The van der Waals surface area contributed by atoms with Crippen LogP contribution in [-0.2, 0) is 0 Å². The van der Waals surface area contributed by atoms with Gasteiger partial charge in [0.1, 0.15) is 5.82 Å². The molecule has 7 heteroatoms. The van der Waals surface area contributed by atoms with Crippen molar-refractivity contribution in [3.05, 3.63) is 29.6 Å². The normalized spacial score (nSPS) is 11.3. The quantitative estimate of drug-likeness (QED) is 0.498. The second-order valence-corrected chi connectivity index (χ2v) is 3.71. The molecular formula is C11H12F4N2O. The third-order valence-electron chi connectivity index (χ3n) is 2.16. The predicted molar refractivity (Wildman–Crippen MR) is 58.4 cm³/mol. The Morgan fingerprint density at radius 2 is 2.00 bits per heavy atom. The average Bonchev–Trinajstić information content (AvgIpc) is 2.22. The minimum atomic E-state index is -4.25. The maximum Gasteiger partial charge on any atom is 0.389 e. The molecule has 3 nitrogen and oxygen atoms in total. The summed E-state index contributed by atoms with van der Waals surface area (Å²) in [6.07, 6.45) is -5.49. The molecule has 1 aromatic carbocycles. The Labute approximate surface area is 101 Å². The summed E-state index contributed by atoms with van der Waals surface area (Å²) in [6.45, 7) is -0.165. The molecule has 0 aromatic heterocycles. The number of alkyl halides is 3. The topological polar surface area (TPSA) is 55.1 Å². The van der Waals surface area contributed by atoms with Gasteiger partial charge in [0.05, 0.1) is 5.56 Å². The number of carbonyl (C=O) groups is 1. The highest BCUT2D eigenvalue weighted by Crippen LogP contribution is 2.20. The molecule has 0 spiro atoms. The number of nitrogens with two attached hydrogens (primary N) is 1. The Balaban J connectivity index is 2.46. The molecule has 0 saturated heterocycles. The molecule has 0 aliphatic heterocycles. The molecule has 0 saturated carbocycles. The van der Waals surface area contributed by atoms with E-state index in [1.165, 1.54) is 12.1 Å². The number of halogens is 4. The van der Waals surface area contributed by atoms with Gasteiger partial charge in [-0.15, -0.1) is 0 Å². The standard InChI is InChI=1S/C11H12F4N2O/c12-9-6-7(16)2-3-8(9)10(18)17-5-1-4-11(13,14)15/h2-3,6H,1,4-5,16H2,(H,17,18). The van der Waals surface area contributed by atoms with Gasteiger partial charge in [0.15, 0.2) is 0 Å². The number of amides is 1. The lowest BCUT2D eigenvalue weighted by Crippen LogP contribution is -2.26. The molecule has 1 aromatic rings. The molecule has 0 atom stereocenters. The van der Waals surface area contributed by atoms with Crippen LogP contribution in [0.25, 0.3) is 0 Å². The van der Waals surface area contributed by atoms with E-state index in [9.17, 15) is 22.4 Å². The predicted octanol–water partition coefficient (Wildman–Crippen LogP) is 2.48. The third kappa shape index (κ3) is 4.60. The second-order valence-electron chi connectivity index (χ2n) is 3.71. The molecule has 0 bridgehead atoms. The number of anilines is 1. The summed E-state index contributed by atoms with van der Waals surface area (Å²) in [7, 11) is 0. The molecule has 0 aliphatic carbocycles. The lowest BCUT2D eigenvalue weighted by Gasteiger charge is -2.08. The van der Waals surface area contributed by atoms with Crippen LogP contribution in [0.3, 0.4) is 0 Å². The SMILES string of the molecule is Nc1ccc(C(=O)NCCCC(F)(F)F)c(F)c1. The number of nitrogens with one attached hydrogen (secondary N) is 1. The molecule has 1 rings (SSSR count). The number of nitrogen functional groups attached to an aromatic ring is 1. The fraction of sp³-hybridized carbons (Fsp3) is 0.364. The average molecular weight is 264 g/mol. The van der Waals surface area contributed by atoms with Gasteiger partial charge in [-0.05, 0) is 24.6 Å². The molecule has 100 valence electrons. The number of benzene rings is 1. The van der Waals surface area contributed by atoms with E-state index in [1.54, 1.807) is 0 Å². The maximum absolute atomic E-state index is 13.3. The lowest BCUT2D eigenvalue weighted by atomic mass is 10.2. The summed E-state index contributed by atoms with van der Waals surface area (Å²) in [5.41, 5.74) is 5.23. The van der Waals surface area contributed by atoms with Crippen LogP contribution in [-0.4, -0.2) is 18.6 Å². The van der Waals surface area contributed by atoms with Crippen molar-refractivity contribution in [1.29, 1.82) is 0 Å². The Bertz CT molecular complexity index is 432. The summed E-state index contributed by atoms with van der Waals surface area (Å²) in [5, 5.41) is 2.21. The summed E-state index contributed by atoms with van der Waals surface area (Å²) < 4.78 is 48.8. The van der Waals surface area contributed by atoms with E-state index in [0.717, 1.165) is 6.07 Å². The van der Waals surface area contributed by atoms with E-state index in [-0.39, 0.29) is 24.2 Å². The number of hydrogen-bond donors (Lipinski definition) is 2. The molecule has 0 radical (unpaired) electrons. The first kappa shape index (κ1) is 14.3. The summed E-state index contributed by atoms with van der Waals surface area (Å²) in [6, 6.07) is 3.50. The Kier molecular flexibility index (Phi) is 4.52. The van der Waals surface area contributed by atoms with E-state index in [4.69, 9.17) is 5.73 Å². The largest absolute Gasteiger partial charge is 0.399 e. The van der Waals surface area contributed by atoms with Crippen molar-refractivity contribution < 1.29 is 22.4 Å². The van der Waals surface area contributed by atoms with Crippen LogP contribution in [0.4, 0.5) is 23.2 Å². The Morgan fingerprint density at radius 1 is 1.33 bits per heavy atom. The fourth-order valence-electron chi connectivity index (χ4n) is 1.30. The molecule has 0 fully saturated rings.